The van der Waals surface area contributed by atoms with Crippen molar-refractivity contribution in [2.24, 2.45) is 0 Å². The lowest BCUT2D eigenvalue weighted by molar-refractivity contribution is -0.126. The van der Waals surface area contributed by atoms with E-state index in [0.717, 1.165) is 42.9 Å². The second kappa shape index (κ2) is 10.4. The maximum absolute atomic E-state index is 13.3. The smallest absolute Gasteiger partial charge is 0.268 e. The first-order chi connectivity index (χ1) is 15.5. The third-order valence-electron chi connectivity index (χ3n) is 7.01. The Kier molecular flexibility index (Phi) is 7.36. The average Bonchev–Trinajstić information content (AvgIpc) is 2.77. The molecular formula is C27H37N3O2. The van der Waals surface area contributed by atoms with Crippen LogP contribution in [0, 0.1) is 0 Å². The molecule has 1 fully saturated rings. The highest BCUT2D eigenvalue weighted by molar-refractivity contribution is 6.00. The monoisotopic (exact) mass is 435 g/mol. The van der Waals surface area contributed by atoms with Gasteiger partial charge in [0.25, 0.3) is 5.91 Å². The van der Waals surface area contributed by atoms with Gasteiger partial charge in [-0.25, -0.2) is 0 Å². The third-order valence-corrected chi connectivity index (χ3v) is 7.01. The molecule has 32 heavy (non-hydrogen) atoms. The zero-order valence-electron chi connectivity index (χ0n) is 19.5. The molecule has 2 aliphatic rings. The van der Waals surface area contributed by atoms with Crippen LogP contribution in [0.2, 0.25) is 0 Å². The van der Waals surface area contributed by atoms with E-state index in [9.17, 15) is 4.79 Å². The number of nitrogens with two attached hydrogens (primary N) is 1. The molecule has 1 unspecified atom stereocenters. The van der Waals surface area contributed by atoms with Gasteiger partial charge in [-0.3, -0.25) is 9.69 Å². The highest BCUT2D eigenvalue weighted by Crippen LogP contribution is 2.35. The summed E-state index contributed by atoms with van der Waals surface area (Å²) in [4.78, 5) is 17.9. The van der Waals surface area contributed by atoms with E-state index in [-0.39, 0.29) is 5.91 Å². The van der Waals surface area contributed by atoms with Gasteiger partial charge in [-0.05, 0) is 75.9 Å². The number of carbonyl (C=O) groups excluding carboxylic acids is 1. The van der Waals surface area contributed by atoms with Crippen molar-refractivity contribution < 1.29 is 9.53 Å². The molecule has 2 aromatic rings. The van der Waals surface area contributed by atoms with Crippen LogP contribution in [0.15, 0.2) is 48.5 Å². The summed E-state index contributed by atoms with van der Waals surface area (Å²) in [6, 6.07) is 17.0. The van der Waals surface area contributed by atoms with E-state index in [2.05, 4.69) is 18.7 Å². The molecule has 0 aliphatic carbocycles. The van der Waals surface area contributed by atoms with Crippen LogP contribution in [-0.2, 0) is 11.2 Å². The first-order valence-electron chi connectivity index (χ1n) is 12.2. The molecule has 0 radical (unpaired) electrons. The van der Waals surface area contributed by atoms with Gasteiger partial charge < -0.3 is 15.4 Å². The maximum Gasteiger partial charge on any atom is 0.268 e. The lowest BCUT2D eigenvalue weighted by Crippen LogP contribution is -2.47. The summed E-state index contributed by atoms with van der Waals surface area (Å²) in [5, 5.41) is 0. The van der Waals surface area contributed by atoms with Crippen LogP contribution in [0.4, 0.5) is 11.4 Å². The Labute approximate surface area is 192 Å². The Bertz CT molecular complexity index is 905. The average molecular weight is 436 g/mol. The second-order valence-corrected chi connectivity index (χ2v) is 9.44. The second-order valence-electron chi connectivity index (χ2n) is 9.44. The first kappa shape index (κ1) is 22.7. The van der Waals surface area contributed by atoms with Crippen LogP contribution in [-0.4, -0.2) is 42.1 Å². The molecule has 0 saturated carbocycles. The third kappa shape index (κ3) is 5.26. The molecule has 0 aromatic heterocycles. The Hall–Kier alpha value is -2.53. The van der Waals surface area contributed by atoms with Crippen molar-refractivity contribution in [2.75, 3.05) is 23.7 Å². The lowest BCUT2D eigenvalue weighted by atomic mass is 9.97. The molecule has 1 amide bonds. The number of hydrogen-bond donors (Lipinski definition) is 1. The number of nitrogens with zero attached hydrogens (tertiary/aromatic N) is 2. The van der Waals surface area contributed by atoms with Crippen LogP contribution in [0.25, 0.3) is 0 Å². The van der Waals surface area contributed by atoms with Crippen molar-refractivity contribution in [3.05, 3.63) is 54.1 Å². The summed E-state index contributed by atoms with van der Waals surface area (Å²) in [7, 11) is 0. The number of benzene rings is 2. The van der Waals surface area contributed by atoms with Gasteiger partial charge in [0.1, 0.15) is 5.75 Å². The Morgan fingerprint density at radius 3 is 2.50 bits per heavy atom. The molecule has 5 nitrogen and oxygen atoms in total. The number of rotatable bonds is 8. The Morgan fingerprint density at radius 2 is 1.72 bits per heavy atom. The van der Waals surface area contributed by atoms with E-state index in [1.165, 1.54) is 25.7 Å². The van der Waals surface area contributed by atoms with Crippen LogP contribution in [0.5, 0.6) is 5.75 Å². The van der Waals surface area contributed by atoms with Gasteiger partial charge in [0, 0.05) is 30.7 Å². The fraction of sp³-hybridized carbons (Fsp3) is 0.519. The van der Waals surface area contributed by atoms with Crippen molar-refractivity contribution >= 4 is 17.3 Å². The molecule has 3 atom stereocenters. The highest BCUT2D eigenvalue weighted by atomic mass is 16.5. The summed E-state index contributed by atoms with van der Waals surface area (Å²) in [6.45, 7) is 6.62. The number of nitrogen functional groups attached to an aromatic ring is 1. The summed E-state index contributed by atoms with van der Waals surface area (Å²) in [5.74, 6) is 0.835. The van der Waals surface area contributed by atoms with Crippen LogP contribution < -0.4 is 15.4 Å². The minimum atomic E-state index is -0.512. The number of amides is 1. The number of piperidine rings is 1. The van der Waals surface area contributed by atoms with Crippen LogP contribution in [0.3, 0.4) is 0 Å². The summed E-state index contributed by atoms with van der Waals surface area (Å²) >= 11 is 0. The quantitative estimate of drug-likeness (QED) is 0.466. The standard InChI is InChI=1S/C27H37N3O2/c1-20-10-8-11-21(2)29(20)16-6-3-7-17-30-24-14-4-5-15-25(24)32-26(27(30)31)19-22-12-9-13-23(28)18-22/h4-5,9,12-15,18,20-21,26H,3,6-8,10-11,16-17,19,28H2,1-2H3/t20-,21+,26?. The van der Waals surface area contributed by atoms with Gasteiger partial charge in [-0.2, -0.15) is 0 Å². The van der Waals surface area contributed by atoms with E-state index in [0.29, 0.717) is 24.2 Å². The van der Waals surface area contributed by atoms with Crippen molar-refractivity contribution in [1.82, 2.24) is 4.90 Å². The minimum Gasteiger partial charge on any atom is -0.478 e. The molecule has 1 saturated heterocycles. The fourth-order valence-corrected chi connectivity index (χ4v) is 5.23. The number of fused-ring (bicyclic) bond motifs is 1. The molecule has 2 aliphatic heterocycles. The number of carbonyl (C=O) groups is 1. The topological polar surface area (TPSA) is 58.8 Å². The van der Waals surface area contributed by atoms with Gasteiger partial charge in [0.05, 0.1) is 5.69 Å². The van der Waals surface area contributed by atoms with Crippen molar-refractivity contribution in [3.63, 3.8) is 0 Å². The highest BCUT2D eigenvalue weighted by Gasteiger charge is 2.34. The molecule has 4 rings (SSSR count). The van der Waals surface area contributed by atoms with E-state index in [4.69, 9.17) is 10.5 Å². The molecule has 0 spiro atoms. The molecule has 2 N–H and O–H groups in total. The van der Waals surface area contributed by atoms with Gasteiger partial charge in [0.2, 0.25) is 0 Å². The zero-order valence-corrected chi connectivity index (χ0v) is 19.5. The van der Waals surface area contributed by atoms with Crippen LogP contribution >= 0.6 is 0 Å². The summed E-state index contributed by atoms with van der Waals surface area (Å²) in [5.41, 5.74) is 8.55. The lowest BCUT2D eigenvalue weighted by Gasteiger charge is -2.39. The van der Waals surface area contributed by atoms with E-state index >= 15 is 0 Å². The van der Waals surface area contributed by atoms with Crippen molar-refractivity contribution in [3.8, 4) is 5.75 Å². The molecule has 5 heteroatoms. The normalized spacial score (nSPS) is 23.6. The van der Waals surface area contributed by atoms with Gasteiger partial charge in [0.15, 0.2) is 6.10 Å². The molecule has 2 heterocycles. The van der Waals surface area contributed by atoms with Gasteiger partial charge in [-0.15, -0.1) is 0 Å². The predicted molar refractivity (Wildman–Crippen MR) is 131 cm³/mol. The number of likely N-dealkylation sites (tertiary alicyclic amines) is 1. The van der Waals surface area contributed by atoms with Crippen LogP contribution in [0.1, 0.15) is 57.9 Å². The first-order valence-corrected chi connectivity index (χ1v) is 12.2. The van der Waals surface area contributed by atoms with Crippen molar-refractivity contribution in [2.45, 2.75) is 77.0 Å². The van der Waals surface area contributed by atoms with E-state index in [1.807, 2.05) is 53.4 Å². The largest absolute Gasteiger partial charge is 0.478 e. The molecule has 172 valence electrons. The SMILES string of the molecule is C[C@@H]1CCC[C@H](C)N1CCCCCN1C(=O)C(Cc2cccc(N)c2)Oc2ccccc21. The van der Waals surface area contributed by atoms with E-state index in [1.54, 1.807) is 0 Å². The number of unbranched alkanes of at least 4 members (excludes halogenated alkanes) is 2. The number of ether oxygens (including phenoxy) is 1. The number of anilines is 2. The summed E-state index contributed by atoms with van der Waals surface area (Å²) < 4.78 is 6.11. The number of para-hydroxylation sites is 2. The van der Waals surface area contributed by atoms with Crippen molar-refractivity contribution in [1.29, 1.82) is 0 Å². The van der Waals surface area contributed by atoms with Gasteiger partial charge >= 0.3 is 0 Å². The zero-order chi connectivity index (χ0) is 22.5. The molecular weight excluding hydrogens is 398 g/mol. The molecule has 2 aromatic carbocycles. The summed E-state index contributed by atoms with van der Waals surface area (Å²) in [6.07, 6.45) is 7.32. The minimum absolute atomic E-state index is 0.0457. The Balaban J connectivity index is 1.35. The predicted octanol–water partition coefficient (Wildman–Crippen LogP) is 5.04. The Morgan fingerprint density at radius 1 is 0.969 bits per heavy atom. The maximum atomic E-state index is 13.3. The fourth-order valence-electron chi connectivity index (χ4n) is 5.23. The van der Waals surface area contributed by atoms with Gasteiger partial charge in [-0.1, -0.05) is 37.1 Å². The number of hydrogen-bond acceptors (Lipinski definition) is 4. The van der Waals surface area contributed by atoms with E-state index < -0.39 is 6.10 Å². The molecule has 0 bridgehead atoms.